The number of benzene rings is 2. The van der Waals surface area contributed by atoms with Crippen molar-refractivity contribution >= 4 is 44.9 Å². The number of carbonyl (C=O) groups excluding carboxylic acids is 1. The lowest BCUT2D eigenvalue weighted by atomic mass is 10.1. The summed E-state index contributed by atoms with van der Waals surface area (Å²) >= 11 is 2.75. The van der Waals surface area contributed by atoms with Crippen LogP contribution in [0.1, 0.15) is 11.1 Å². The number of nitrogens with zero attached hydrogens (tertiary/aromatic N) is 2. The third-order valence-corrected chi connectivity index (χ3v) is 7.11. The van der Waals surface area contributed by atoms with Crippen LogP contribution < -0.4 is 10.9 Å². The van der Waals surface area contributed by atoms with Gasteiger partial charge in [-0.05, 0) is 42.7 Å². The van der Waals surface area contributed by atoms with E-state index >= 15 is 0 Å². The van der Waals surface area contributed by atoms with E-state index in [-0.39, 0.29) is 17.2 Å². The maximum Gasteiger partial charge on any atom is 0.262 e. The molecule has 5 nitrogen and oxygen atoms in total. The highest BCUT2D eigenvalue weighted by atomic mass is 32.2. The van der Waals surface area contributed by atoms with Crippen molar-refractivity contribution in [3.8, 4) is 10.4 Å². The Morgan fingerprint density at radius 2 is 1.90 bits per heavy atom. The van der Waals surface area contributed by atoms with Crippen LogP contribution in [0.2, 0.25) is 0 Å². The molecule has 4 aromatic rings. The summed E-state index contributed by atoms with van der Waals surface area (Å²) in [5.74, 6) is 0.0509. The van der Waals surface area contributed by atoms with E-state index in [1.165, 1.54) is 27.7 Å². The molecule has 0 aliphatic carbocycles. The Morgan fingerprint density at radius 3 is 2.67 bits per heavy atom. The first-order valence-electron chi connectivity index (χ1n) is 9.49. The fourth-order valence-electron chi connectivity index (χ4n) is 3.12. The molecule has 2 aromatic carbocycles. The number of aryl methyl sites for hydroxylation is 1. The van der Waals surface area contributed by atoms with Gasteiger partial charge in [-0.25, -0.2) is 4.98 Å². The van der Waals surface area contributed by atoms with E-state index in [2.05, 4.69) is 10.3 Å². The normalized spacial score (nSPS) is 11.0. The minimum absolute atomic E-state index is 0.101. The lowest BCUT2D eigenvalue weighted by Gasteiger charge is -2.11. The standard InChI is InChI=1S/C23H21N3O2S2/c1-14-8-7-11-18(15(14)2)24-20(27)13-29-23-25-21-17(22(28)26(23)3)12-19(30-21)16-9-5-4-6-10-16/h4-12H,13H2,1-3H3,(H,24,27). The number of anilines is 1. The summed E-state index contributed by atoms with van der Waals surface area (Å²) in [7, 11) is 1.69. The van der Waals surface area contributed by atoms with Gasteiger partial charge < -0.3 is 5.32 Å². The minimum atomic E-state index is -0.126. The zero-order valence-corrected chi connectivity index (χ0v) is 18.6. The van der Waals surface area contributed by atoms with E-state index in [0.717, 1.165) is 27.3 Å². The SMILES string of the molecule is Cc1cccc(NC(=O)CSc2nc3sc(-c4ccccc4)cc3c(=O)n2C)c1C. The van der Waals surface area contributed by atoms with Gasteiger partial charge in [-0.2, -0.15) is 0 Å². The quantitative estimate of drug-likeness (QED) is 0.354. The Labute approximate surface area is 182 Å². The van der Waals surface area contributed by atoms with Crippen LogP contribution in [0.5, 0.6) is 0 Å². The second-order valence-electron chi connectivity index (χ2n) is 7.04. The Balaban J connectivity index is 1.55. The number of thiophene rings is 1. The summed E-state index contributed by atoms with van der Waals surface area (Å²) in [5.41, 5.74) is 3.95. The number of hydrogen-bond donors (Lipinski definition) is 1. The Bertz CT molecular complexity index is 1290. The van der Waals surface area contributed by atoms with Crippen LogP contribution in [0, 0.1) is 13.8 Å². The van der Waals surface area contributed by atoms with Crippen molar-refractivity contribution in [2.45, 2.75) is 19.0 Å². The zero-order chi connectivity index (χ0) is 21.3. The number of hydrogen-bond acceptors (Lipinski definition) is 5. The van der Waals surface area contributed by atoms with Crippen LogP contribution in [0.4, 0.5) is 5.69 Å². The van der Waals surface area contributed by atoms with Gasteiger partial charge in [0.1, 0.15) is 4.83 Å². The first kappa shape index (κ1) is 20.4. The zero-order valence-electron chi connectivity index (χ0n) is 16.9. The van der Waals surface area contributed by atoms with Crippen molar-refractivity contribution in [1.29, 1.82) is 0 Å². The average Bonchev–Trinajstić information content (AvgIpc) is 3.18. The molecular formula is C23H21N3O2S2. The van der Waals surface area contributed by atoms with Crippen LogP contribution in [0.25, 0.3) is 20.7 Å². The molecule has 0 radical (unpaired) electrons. The topological polar surface area (TPSA) is 64.0 Å². The Hall–Kier alpha value is -2.90. The number of aromatic nitrogens is 2. The smallest absolute Gasteiger partial charge is 0.262 e. The summed E-state index contributed by atoms with van der Waals surface area (Å²) in [6.07, 6.45) is 0. The molecule has 2 aromatic heterocycles. The number of amides is 1. The van der Waals surface area contributed by atoms with Crippen LogP contribution in [0.15, 0.2) is 64.5 Å². The van der Waals surface area contributed by atoms with E-state index in [1.807, 2.05) is 68.4 Å². The van der Waals surface area contributed by atoms with Crippen molar-refractivity contribution in [2.24, 2.45) is 7.05 Å². The van der Waals surface area contributed by atoms with Gasteiger partial charge in [0.15, 0.2) is 5.16 Å². The van der Waals surface area contributed by atoms with Crippen LogP contribution in [-0.4, -0.2) is 21.2 Å². The molecule has 152 valence electrons. The van der Waals surface area contributed by atoms with Crippen molar-refractivity contribution in [1.82, 2.24) is 9.55 Å². The molecule has 0 fully saturated rings. The Morgan fingerprint density at radius 1 is 1.13 bits per heavy atom. The van der Waals surface area contributed by atoms with Gasteiger partial charge in [0, 0.05) is 17.6 Å². The summed E-state index contributed by atoms with van der Waals surface area (Å²) in [5, 5.41) is 4.08. The Kier molecular flexibility index (Phi) is 5.74. The number of carbonyl (C=O) groups is 1. The fraction of sp³-hybridized carbons (Fsp3) is 0.174. The lowest BCUT2D eigenvalue weighted by molar-refractivity contribution is -0.113. The van der Waals surface area contributed by atoms with Gasteiger partial charge in [0.05, 0.1) is 11.1 Å². The third kappa shape index (κ3) is 4.04. The molecule has 0 saturated carbocycles. The molecule has 0 spiro atoms. The van der Waals surface area contributed by atoms with Crippen molar-refractivity contribution in [3.63, 3.8) is 0 Å². The van der Waals surface area contributed by atoms with Crippen LogP contribution >= 0.6 is 23.1 Å². The molecular weight excluding hydrogens is 414 g/mol. The van der Waals surface area contributed by atoms with Crippen LogP contribution in [0.3, 0.4) is 0 Å². The molecule has 4 rings (SSSR count). The molecule has 0 saturated heterocycles. The first-order valence-corrected chi connectivity index (χ1v) is 11.3. The highest BCUT2D eigenvalue weighted by Crippen LogP contribution is 2.32. The van der Waals surface area contributed by atoms with E-state index in [4.69, 9.17) is 0 Å². The number of fused-ring (bicyclic) bond motifs is 1. The summed E-state index contributed by atoms with van der Waals surface area (Å²) < 4.78 is 1.51. The number of thioether (sulfide) groups is 1. The molecule has 0 aliphatic heterocycles. The summed E-state index contributed by atoms with van der Waals surface area (Å²) in [6.45, 7) is 4.00. The van der Waals surface area contributed by atoms with E-state index in [0.29, 0.717) is 15.4 Å². The average molecular weight is 436 g/mol. The molecule has 1 amide bonds. The molecule has 0 atom stereocenters. The molecule has 30 heavy (non-hydrogen) atoms. The maximum atomic E-state index is 12.8. The molecule has 0 unspecified atom stereocenters. The third-order valence-electron chi connectivity index (χ3n) is 5.00. The van der Waals surface area contributed by atoms with E-state index in [9.17, 15) is 9.59 Å². The van der Waals surface area contributed by atoms with Gasteiger partial charge in [-0.3, -0.25) is 14.2 Å². The maximum absolute atomic E-state index is 12.8. The minimum Gasteiger partial charge on any atom is -0.325 e. The van der Waals surface area contributed by atoms with Crippen molar-refractivity contribution in [2.75, 3.05) is 11.1 Å². The molecule has 7 heteroatoms. The van der Waals surface area contributed by atoms with Gasteiger partial charge in [0.25, 0.3) is 5.56 Å². The highest BCUT2D eigenvalue weighted by Gasteiger charge is 2.15. The van der Waals surface area contributed by atoms with E-state index in [1.54, 1.807) is 7.05 Å². The van der Waals surface area contributed by atoms with E-state index < -0.39 is 0 Å². The van der Waals surface area contributed by atoms with Gasteiger partial charge in [-0.1, -0.05) is 54.2 Å². The van der Waals surface area contributed by atoms with Gasteiger partial charge in [-0.15, -0.1) is 11.3 Å². The van der Waals surface area contributed by atoms with Gasteiger partial charge in [0.2, 0.25) is 5.91 Å². The second kappa shape index (κ2) is 8.45. The first-order chi connectivity index (χ1) is 14.4. The van der Waals surface area contributed by atoms with Crippen LogP contribution in [-0.2, 0) is 11.8 Å². The lowest BCUT2D eigenvalue weighted by Crippen LogP contribution is -2.21. The largest absolute Gasteiger partial charge is 0.325 e. The molecule has 1 N–H and O–H groups in total. The predicted molar refractivity (Wildman–Crippen MR) is 126 cm³/mol. The second-order valence-corrected chi connectivity index (χ2v) is 9.01. The fourth-order valence-corrected chi connectivity index (χ4v) is 4.97. The number of nitrogens with one attached hydrogen (secondary N) is 1. The molecule has 2 heterocycles. The monoisotopic (exact) mass is 435 g/mol. The summed E-state index contributed by atoms with van der Waals surface area (Å²) in [6, 6.07) is 17.7. The predicted octanol–water partition coefficient (Wildman–Crippen LogP) is 5.01. The molecule has 0 bridgehead atoms. The highest BCUT2D eigenvalue weighted by molar-refractivity contribution is 7.99. The van der Waals surface area contributed by atoms with Crippen molar-refractivity contribution in [3.05, 3.63) is 76.1 Å². The summed E-state index contributed by atoms with van der Waals surface area (Å²) in [4.78, 5) is 31.6. The van der Waals surface area contributed by atoms with Gasteiger partial charge >= 0.3 is 0 Å². The number of rotatable bonds is 5. The van der Waals surface area contributed by atoms with Crippen molar-refractivity contribution < 1.29 is 4.79 Å². The molecule has 0 aliphatic rings.